The van der Waals surface area contributed by atoms with Crippen LogP contribution in [0.2, 0.25) is 0 Å². The Bertz CT molecular complexity index is 454. The minimum absolute atomic E-state index is 0.0157. The first-order chi connectivity index (χ1) is 10.1. The van der Waals surface area contributed by atoms with Crippen LogP contribution in [0.15, 0.2) is 12.2 Å². The van der Waals surface area contributed by atoms with E-state index in [4.69, 9.17) is 0 Å². The van der Waals surface area contributed by atoms with Crippen molar-refractivity contribution >= 4 is 11.9 Å². The van der Waals surface area contributed by atoms with Crippen molar-refractivity contribution in [1.29, 1.82) is 0 Å². The van der Waals surface area contributed by atoms with E-state index in [1.807, 2.05) is 0 Å². The van der Waals surface area contributed by atoms with E-state index < -0.39 is 49.0 Å². The molecule has 0 spiro atoms. The van der Waals surface area contributed by atoms with Gasteiger partial charge in [-0.1, -0.05) is 13.5 Å². The summed E-state index contributed by atoms with van der Waals surface area (Å²) in [6, 6.07) is 0. The van der Waals surface area contributed by atoms with Gasteiger partial charge in [0.05, 0.1) is 13.2 Å². The van der Waals surface area contributed by atoms with Crippen molar-refractivity contribution in [3.8, 4) is 0 Å². The van der Waals surface area contributed by atoms with E-state index in [-0.39, 0.29) is 5.57 Å². The summed E-state index contributed by atoms with van der Waals surface area (Å²) < 4.78 is 82.2. The van der Waals surface area contributed by atoms with Gasteiger partial charge < -0.3 is 14.6 Å². The predicted octanol–water partition coefficient (Wildman–Crippen LogP) is 1.51. The summed E-state index contributed by atoms with van der Waals surface area (Å²) in [5.74, 6) is -4.80. The Morgan fingerprint density at radius 2 is 1.43 bits per heavy atom. The van der Waals surface area contributed by atoms with Gasteiger partial charge in [-0.15, -0.1) is 0 Å². The molecule has 0 aromatic rings. The van der Waals surface area contributed by atoms with Crippen LogP contribution in [0.1, 0.15) is 13.8 Å². The van der Waals surface area contributed by atoms with Gasteiger partial charge in [0.25, 0.3) is 0 Å². The summed E-state index contributed by atoms with van der Waals surface area (Å²) in [4.78, 5) is 22.0. The van der Waals surface area contributed by atoms with Crippen LogP contribution in [0, 0.1) is 5.92 Å². The number of carbonyl (C=O) groups is 2. The molecule has 0 fully saturated rings. The predicted molar refractivity (Wildman–Crippen MR) is 60.7 cm³/mol. The first-order valence-electron chi connectivity index (χ1n) is 5.98. The van der Waals surface area contributed by atoms with Crippen LogP contribution < -0.4 is 5.11 Å². The molecular formula is C12H13F6O5-. The lowest BCUT2D eigenvalue weighted by Crippen LogP contribution is -2.71. The second-order valence-corrected chi connectivity index (χ2v) is 4.76. The maximum Gasteiger partial charge on any atom is 0.399 e. The van der Waals surface area contributed by atoms with Crippen molar-refractivity contribution in [3.63, 3.8) is 0 Å². The van der Waals surface area contributed by atoms with E-state index in [2.05, 4.69) is 16.1 Å². The van der Waals surface area contributed by atoms with Crippen LogP contribution in [0.25, 0.3) is 0 Å². The maximum absolute atomic E-state index is 12.3. The van der Waals surface area contributed by atoms with Crippen LogP contribution in [0.3, 0.4) is 0 Å². The van der Waals surface area contributed by atoms with E-state index in [0.717, 1.165) is 0 Å². The first kappa shape index (κ1) is 21.2. The number of hydrogen-bond donors (Lipinski definition) is 0. The molecule has 0 heterocycles. The number of ether oxygens (including phenoxy) is 2. The topological polar surface area (TPSA) is 75.7 Å². The third-order valence-electron chi connectivity index (χ3n) is 2.43. The van der Waals surface area contributed by atoms with Crippen molar-refractivity contribution in [2.24, 2.45) is 5.92 Å². The van der Waals surface area contributed by atoms with Gasteiger partial charge in [-0.2, -0.15) is 26.3 Å². The molecule has 0 amide bonds. The Kier molecular flexibility index (Phi) is 6.64. The molecule has 1 atom stereocenters. The fourth-order valence-electron chi connectivity index (χ4n) is 1.10. The van der Waals surface area contributed by atoms with E-state index in [0.29, 0.717) is 0 Å². The molecule has 23 heavy (non-hydrogen) atoms. The van der Waals surface area contributed by atoms with Gasteiger partial charge in [-0.3, -0.25) is 4.79 Å². The normalized spacial score (nSPS) is 14.1. The second-order valence-electron chi connectivity index (χ2n) is 4.76. The smallest absolute Gasteiger partial charge is 0.399 e. The number of rotatable bonds is 6. The van der Waals surface area contributed by atoms with Gasteiger partial charge in [0.15, 0.2) is 5.60 Å². The molecule has 0 radical (unpaired) electrons. The Balaban J connectivity index is 4.80. The fraction of sp³-hybridized carbons (Fsp3) is 0.667. The van der Waals surface area contributed by atoms with Gasteiger partial charge in [0.1, 0.15) is 0 Å². The number of esters is 2. The standard InChI is InChI=1S/C12H13F6O5/c1-6(2)8(19)22-4-7(3)5-23-9(20)10(21,11(13,14)15)12(16,17)18/h7H,1,4-5H2,2-3H3/q-1. The van der Waals surface area contributed by atoms with Crippen molar-refractivity contribution in [2.75, 3.05) is 13.2 Å². The van der Waals surface area contributed by atoms with Gasteiger partial charge >= 0.3 is 24.3 Å². The van der Waals surface area contributed by atoms with Crippen LogP contribution in [0.4, 0.5) is 26.3 Å². The molecule has 0 aromatic heterocycles. The Hall–Kier alpha value is -1.78. The summed E-state index contributed by atoms with van der Waals surface area (Å²) >= 11 is 0. The Labute approximate surface area is 126 Å². The van der Waals surface area contributed by atoms with E-state index in [9.17, 15) is 41.0 Å². The molecular weight excluding hydrogens is 338 g/mol. The average Bonchev–Trinajstić information content (AvgIpc) is 2.38. The highest BCUT2D eigenvalue weighted by Crippen LogP contribution is 2.41. The second kappa shape index (κ2) is 7.20. The zero-order valence-corrected chi connectivity index (χ0v) is 12.0. The number of halogens is 6. The molecule has 0 rings (SSSR count). The van der Waals surface area contributed by atoms with Gasteiger partial charge in [-0.25, -0.2) is 4.79 Å². The molecule has 0 saturated carbocycles. The lowest BCUT2D eigenvalue weighted by atomic mass is 10.0. The monoisotopic (exact) mass is 351 g/mol. The van der Waals surface area contributed by atoms with Crippen molar-refractivity contribution in [3.05, 3.63) is 12.2 Å². The van der Waals surface area contributed by atoms with Crippen molar-refractivity contribution in [1.82, 2.24) is 0 Å². The number of hydrogen-bond acceptors (Lipinski definition) is 5. The molecule has 0 aliphatic carbocycles. The Morgan fingerprint density at radius 3 is 1.78 bits per heavy atom. The third kappa shape index (κ3) is 5.12. The zero-order valence-electron chi connectivity index (χ0n) is 12.0. The summed E-state index contributed by atoms with van der Waals surface area (Å²) in [5.41, 5.74) is -5.87. The molecule has 0 N–H and O–H groups in total. The van der Waals surface area contributed by atoms with E-state index in [1.165, 1.54) is 13.8 Å². The molecule has 11 heteroatoms. The zero-order chi connectivity index (χ0) is 18.6. The average molecular weight is 351 g/mol. The summed E-state index contributed by atoms with van der Waals surface area (Å²) in [6.07, 6.45) is -12.8. The summed E-state index contributed by atoms with van der Waals surface area (Å²) in [6.45, 7) is 4.34. The molecule has 0 aliphatic rings. The Morgan fingerprint density at radius 1 is 1.04 bits per heavy atom. The first-order valence-corrected chi connectivity index (χ1v) is 5.98. The number of alkyl halides is 6. The third-order valence-corrected chi connectivity index (χ3v) is 2.43. The fourth-order valence-corrected chi connectivity index (χ4v) is 1.10. The van der Waals surface area contributed by atoms with Crippen molar-refractivity contribution < 1.29 is 50.5 Å². The highest BCUT2D eigenvalue weighted by molar-refractivity contribution is 5.86. The molecule has 0 saturated heterocycles. The molecule has 0 aromatic carbocycles. The molecule has 0 bridgehead atoms. The van der Waals surface area contributed by atoms with Gasteiger partial charge in [-0.05, 0) is 6.92 Å². The van der Waals surface area contributed by atoms with Crippen LogP contribution in [0.5, 0.6) is 0 Å². The number of carbonyl (C=O) groups excluding carboxylic acids is 2. The molecule has 1 unspecified atom stereocenters. The van der Waals surface area contributed by atoms with Crippen molar-refractivity contribution in [2.45, 2.75) is 31.8 Å². The molecule has 5 nitrogen and oxygen atoms in total. The van der Waals surface area contributed by atoms with E-state index in [1.54, 1.807) is 0 Å². The highest BCUT2D eigenvalue weighted by atomic mass is 19.4. The minimum Gasteiger partial charge on any atom is -0.828 e. The quantitative estimate of drug-likeness (QED) is 0.412. The minimum atomic E-state index is -6.42. The summed E-state index contributed by atoms with van der Waals surface area (Å²) in [5, 5.41) is 11.0. The molecule has 134 valence electrons. The maximum atomic E-state index is 12.3. The van der Waals surface area contributed by atoms with Crippen LogP contribution in [-0.4, -0.2) is 43.1 Å². The van der Waals surface area contributed by atoms with Gasteiger partial charge in [0.2, 0.25) is 0 Å². The van der Waals surface area contributed by atoms with Gasteiger partial charge in [0, 0.05) is 11.5 Å². The summed E-state index contributed by atoms with van der Waals surface area (Å²) in [7, 11) is 0. The SMILES string of the molecule is C=C(C)C(=O)OCC(C)COC(=O)C([O-])(C(F)(F)F)C(F)(F)F. The lowest BCUT2D eigenvalue weighted by molar-refractivity contribution is -0.574. The highest BCUT2D eigenvalue weighted by Gasteiger charge is 2.68. The largest absolute Gasteiger partial charge is 0.828 e. The van der Waals surface area contributed by atoms with E-state index >= 15 is 0 Å². The van der Waals surface area contributed by atoms with Crippen LogP contribution in [-0.2, 0) is 19.1 Å². The lowest BCUT2D eigenvalue weighted by Gasteiger charge is -2.40. The van der Waals surface area contributed by atoms with Crippen LogP contribution >= 0.6 is 0 Å². The molecule has 0 aliphatic heterocycles.